The minimum Gasteiger partial charge on any atom is -0.497 e. The highest BCUT2D eigenvalue weighted by Gasteiger charge is 2.10. The van der Waals surface area contributed by atoms with Crippen molar-refractivity contribution in [3.05, 3.63) is 48.2 Å². The molecule has 0 fully saturated rings. The van der Waals surface area contributed by atoms with Gasteiger partial charge in [-0.15, -0.1) is 0 Å². The van der Waals surface area contributed by atoms with Crippen molar-refractivity contribution >= 4 is 0 Å². The van der Waals surface area contributed by atoms with Crippen molar-refractivity contribution in [1.29, 1.82) is 0 Å². The van der Waals surface area contributed by atoms with E-state index in [1.54, 1.807) is 13.3 Å². The van der Waals surface area contributed by atoms with E-state index < -0.39 is 0 Å². The molecule has 5 nitrogen and oxygen atoms in total. The Balaban J connectivity index is 2.00. The Morgan fingerprint density at radius 3 is 2.85 bits per heavy atom. The second kappa shape index (κ2) is 5.13. The quantitative estimate of drug-likeness (QED) is 0.791. The molecule has 0 aliphatic rings. The zero-order valence-corrected chi connectivity index (χ0v) is 11.3. The molecule has 0 aliphatic carbocycles. The third-order valence-electron chi connectivity index (χ3n) is 3.05. The van der Waals surface area contributed by atoms with E-state index >= 15 is 0 Å². The number of rotatable bonds is 3. The van der Waals surface area contributed by atoms with Gasteiger partial charge in [-0.3, -0.25) is 10.1 Å². The van der Waals surface area contributed by atoms with Gasteiger partial charge in [0, 0.05) is 11.8 Å². The molecule has 0 aliphatic heterocycles. The number of nitrogens with one attached hydrogen (secondary N) is 1. The van der Waals surface area contributed by atoms with Gasteiger partial charge in [-0.25, -0.2) is 4.98 Å². The predicted molar refractivity (Wildman–Crippen MR) is 76.3 cm³/mol. The minimum atomic E-state index is 0.629. The van der Waals surface area contributed by atoms with Crippen LogP contribution in [0.4, 0.5) is 0 Å². The van der Waals surface area contributed by atoms with Crippen LogP contribution < -0.4 is 4.74 Å². The summed E-state index contributed by atoms with van der Waals surface area (Å²) < 4.78 is 5.21. The summed E-state index contributed by atoms with van der Waals surface area (Å²) in [4.78, 5) is 8.83. The number of aromatic amines is 1. The first kappa shape index (κ1) is 12.3. The van der Waals surface area contributed by atoms with Gasteiger partial charge in [0.2, 0.25) is 0 Å². The number of pyridine rings is 1. The lowest BCUT2D eigenvalue weighted by atomic mass is 10.2. The summed E-state index contributed by atoms with van der Waals surface area (Å²) in [5.41, 5.74) is 2.77. The monoisotopic (exact) mass is 266 g/mol. The average Bonchev–Trinajstić information content (AvgIpc) is 2.97. The number of methoxy groups -OCH3 is 1. The summed E-state index contributed by atoms with van der Waals surface area (Å²) >= 11 is 0. The Kier molecular flexibility index (Phi) is 3.16. The van der Waals surface area contributed by atoms with Crippen LogP contribution in [0.25, 0.3) is 22.9 Å². The first-order chi connectivity index (χ1) is 9.78. The van der Waals surface area contributed by atoms with Crippen LogP contribution in [-0.2, 0) is 0 Å². The number of hydrogen-bond donors (Lipinski definition) is 1. The van der Waals surface area contributed by atoms with Crippen molar-refractivity contribution < 1.29 is 4.74 Å². The Morgan fingerprint density at radius 1 is 1.15 bits per heavy atom. The van der Waals surface area contributed by atoms with E-state index in [2.05, 4.69) is 20.2 Å². The maximum Gasteiger partial charge on any atom is 0.181 e. The molecular formula is C15H14N4O. The SMILES string of the molecule is COc1cccc(-c2n[nH]c(-c3ncccc3C)n2)c1. The summed E-state index contributed by atoms with van der Waals surface area (Å²) in [6.45, 7) is 2.00. The number of ether oxygens (including phenoxy) is 1. The van der Waals surface area contributed by atoms with E-state index in [0.717, 1.165) is 22.6 Å². The first-order valence-corrected chi connectivity index (χ1v) is 6.27. The Labute approximate surface area is 116 Å². The number of nitrogens with zero attached hydrogens (tertiary/aromatic N) is 3. The number of H-pyrrole nitrogens is 1. The molecule has 0 unspecified atom stereocenters. The maximum absolute atomic E-state index is 5.21. The number of benzene rings is 1. The van der Waals surface area contributed by atoms with Crippen molar-refractivity contribution in [2.24, 2.45) is 0 Å². The highest BCUT2D eigenvalue weighted by Crippen LogP contribution is 2.23. The minimum absolute atomic E-state index is 0.629. The third-order valence-corrected chi connectivity index (χ3v) is 3.05. The van der Waals surface area contributed by atoms with Gasteiger partial charge in [0.1, 0.15) is 11.4 Å². The molecule has 100 valence electrons. The van der Waals surface area contributed by atoms with E-state index in [1.165, 1.54) is 0 Å². The molecule has 0 saturated heterocycles. The van der Waals surface area contributed by atoms with Crippen LogP contribution in [0.15, 0.2) is 42.6 Å². The summed E-state index contributed by atoms with van der Waals surface area (Å²) in [5.74, 6) is 2.08. The van der Waals surface area contributed by atoms with Crippen LogP contribution in [0.1, 0.15) is 5.56 Å². The molecule has 0 spiro atoms. The first-order valence-electron chi connectivity index (χ1n) is 6.27. The largest absolute Gasteiger partial charge is 0.497 e. The summed E-state index contributed by atoms with van der Waals surface area (Å²) in [6, 6.07) is 11.5. The Hall–Kier alpha value is -2.69. The van der Waals surface area contributed by atoms with Crippen LogP contribution >= 0.6 is 0 Å². The molecule has 1 aromatic carbocycles. The third kappa shape index (κ3) is 2.25. The van der Waals surface area contributed by atoms with Crippen molar-refractivity contribution in [2.45, 2.75) is 6.92 Å². The highest BCUT2D eigenvalue weighted by molar-refractivity contribution is 5.61. The Morgan fingerprint density at radius 2 is 2.05 bits per heavy atom. The van der Waals surface area contributed by atoms with Gasteiger partial charge in [-0.05, 0) is 30.7 Å². The fourth-order valence-corrected chi connectivity index (χ4v) is 1.99. The molecule has 20 heavy (non-hydrogen) atoms. The van der Waals surface area contributed by atoms with Gasteiger partial charge in [0.05, 0.1) is 7.11 Å². The van der Waals surface area contributed by atoms with E-state index in [9.17, 15) is 0 Å². The van der Waals surface area contributed by atoms with Gasteiger partial charge >= 0.3 is 0 Å². The van der Waals surface area contributed by atoms with Crippen molar-refractivity contribution in [3.63, 3.8) is 0 Å². The molecule has 0 saturated carbocycles. The van der Waals surface area contributed by atoms with E-state index in [-0.39, 0.29) is 0 Å². The molecule has 3 aromatic rings. The van der Waals surface area contributed by atoms with Crippen LogP contribution in [0, 0.1) is 6.92 Å². The van der Waals surface area contributed by atoms with E-state index in [0.29, 0.717) is 11.6 Å². The number of aryl methyl sites for hydroxylation is 1. The molecule has 0 amide bonds. The summed E-state index contributed by atoms with van der Waals surface area (Å²) in [6.07, 6.45) is 1.75. The maximum atomic E-state index is 5.21. The lowest BCUT2D eigenvalue weighted by Crippen LogP contribution is -1.89. The van der Waals surface area contributed by atoms with Gasteiger partial charge < -0.3 is 4.74 Å². The lowest BCUT2D eigenvalue weighted by Gasteiger charge is -2.00. The van der Waals surface area contributed by atoms with Gasteiger partial charge in [-0.2, -0.15) is 5.10 Å². The lowest BCUT2D eigenvalue weighted by molar-refractivity contribution is 0.415. The zero-order chi connectivity index (χ0) is 13.9. The zero-order valence-electron chi connectivity index (χ0n) is 11.3. The molecule has 0 atom stereocenters. The van der Waals surface area contributed by atoms with Crippen LogP contribution in [0.2, 0.25) is 0 Å². The molecule has 2 heterocycles. The summed E-state index contributed by atoms with van der Waals surface area (Å²) in [7, 11) is 1.64. The summed E-state index contributed by atoms with van der Waals surface area (Å²) in [5, 5.41) is 7.18. The van der Waals surface area contributed by atoms with Gasteiger partial charge in [-0.1, -0.05) is 18.2 Å². The topological polar surface area (TPSA) is 63.7 Å². The van der Waals surface area contributed by atoms with Crippen LogP contribution in [-0.4, -0.2) is 27.3 Å². The normalized spacial score (nSPS) is 10.5. The molecular weight excluding hydrogens is 252 g/mol. The van der Waals surface area contributed by atoms with Crippen molar-refractivity contribution in [2.75, 3.05) is 7.11 Å². The standard InChI is InChI=1S/C15H14N4O/c1-10-5-4-8-16-13(10)15-17-14(18-19-15)11-6-3-7-12(9-11)20-2/h3-9H,1-2H3,(H,17,18,19). The van der Waals surface area contributed by atoms with Crippen molar-refractivity contribution in [1.82, 2.24) is 20.2 Å². The Bertz CT molecular complexity index is 736. The average molecular weight is 266 g/mol. The molecule has 3 rings (SSSR count). The number of hydrogen-bond acceptors (Lipinski definition) is 4. The fourth-order valence-electron chi connectivity index (χ4n) is 1.99. The second-order valence-electron chi connectivity index (χ2n) is 4.41. The van der Waals surface area contributed by atoms with Gasteiger partial charge in [0.25, 0.3) is 0 Å². The highest BCUT2D eigenvalue weighted by atomic mass is 16.5. The molecule has 0 radical (unpaired) electrons. The second-order valence-corrected chi connectivity index (χ2v) is 4.41. The van der Waals surface area contributed by atoms with Crippen molar-refractivity contribution in [3.8, 4) is 28.7 Å². The van der Waals surface area contributed by atoms with Crippen LogP contribution in [0.5, 0.6) is 5.75 Å². The molecule has 2 aromatic heterocycles. The van der Waals surface area contributed by atoms with E-state index in [4.69, 9.17) is 4.74 Å². The van der Waals surface area contributed by atoms with E-state index in [1.807, 2.05) is 43.3 Å². The predicted octanol–water partition coefficient (Wildman–Crippen LogP) is 2.85. The fraction of sp³-hybridized carbons (Fsp3) is 0.133. The molecule has 1 N–H and O–H groups in total. The van der Waals surface area contributed by atoms with Gasteiger partial charge in [0.15, 0.2) is 11.6 Å². The smallest absolute Gasteiger partial charge is 0.181 e. The number of aromatic nitrogens is 4. The van der Waals surface area contributed by atoms with Crippen LogP contribution in [0.3, 0.4) is 0 Å². The molecule has 5 heteroatoms. The molecule has 0 bridgehead atoms.